The van der Waals surface area contributed by atoms with Gasteiger partial charge < -0.3 is 9.72 Å². The van der Waals surface area contributed by atoms with Gasteiger partial charge in [0.25, 0.3) is 5.91 Å². The predicted molar refractivity (Wildman–Crippen MR) is 95.3 cm³/mol. The Kier molecular flexibility index (Phi) is 4.89. The van der Waals surface area contributed by atoms with Gasteiger partial charge in [0.2, 0.25) is 0 Å². The number of imidazole rings is 1. The number of hydrogen-bond acceptors (Lipinski definition) is 3. The van der Waals surface area contributed by atoms with E-state index in [1.807, 2.05) is 35.0 Å². The van der Waals surface area contributed by atoms with E-state index in [0.29, 0.717) is 17.3 Å². The Labute approximate surface area is 141 Å². The highest BCUT2D eigenvalue weighted by molar-refractivity contribution is 6.03. The molecule has 3 aromatic rings. The molecule has 3 heterocycles. The number of hydrogen-bond donors (Lipinski definition) is 1. The molecule has 0 aliphatic rings. The second-order valence-electron chi connectivity index (χ2n) is 5.91. The third-order valence-corrected chi connectivity index (χ3v) is 4.19. The minimum absolute atomic E-state index is 0.175. The maximum atomic E-state index is 12.4. The standard InChI is InChI=1S/C19H22N4O/c1-3-7-14(4-2)16-13-23-12-15(9-10-18(23)21-16)19(24)22-17-8-5-6-11-20-17/h5-6,8-14H,3-4,7H2,1-2H3,(H,20,22,24). The number of pyridine rings is 2. The molecule has 3 aromatic heterocycles. The summed E-state index contributed by atoms with van der Waals surface area (Å²) in [6.07, 6.45) is 8.86. The molecule has 0 aliphatic heterocycles. The summed E-state index contributed by atoms with van der Waals surface area (Å²) in [5.41, 5.74) is 2.55. The van der Waals surface area contributed by atoms with Crippen molar-refractivity contribution in [1.82, 2.24) is 14.4 Å². The van der Waals surface area contributed by atoms with Crippen molar-refractivity contribution in [3.63, 3.8) is 0 Å². The Morgan fingerprint density at radius 3 is 2.79 bits per heavy atom. The number of anilines is 1. The minimum Gasteiger partial charge on any atom is -0.307 e. The summed E-state index contributed by atoms with van der Waals surface area (Å²) >= 11 is 0. The molecule has 0 aromatic carbocycles. The van der Waals surface area contributed by atoms with E-state index >= 15 is 0 Å². The number of aromatic nitrogens is 3. The van der Waals surface area contributed by atoms with Crippen molar-refractivity contribution in [2.75, 3.05) is 5.32 Å². The molecule has 124 valence electrons. The Morgan fingerprint density at radius 2 is 2.08 bits per heavy atom. The molecule has 0 saturated carbocycles. The van der Waals surface area contributed by atoms with Gasteiger partial charge in [0.1, 0.15) is 11.5 Å². The molecule has 24 heavy (non-hydrogen) atoms. The van der Waals surface area contributed by atoms with E-state index in [1.54, 1.807) is 18.3 Å². The highest BCUT2D eigenvalue weighted by Gasteiger charge is 2.14. The van der Waals surface area contributed by atoms with Crippen LogP contribution in [0.5, 0.6) is 0 Å². The van der Waals surface area contributed by atoms with E-state index in [-0.39, 0.29) is 5.91 Å². The fraction of sp³-hybridized carbons (Fsp3) is 0.316. The summed E-state index contributed by atoms with van der Waals surface area (Å²) in [5.74, 6) is 0.843. The first-order chi connectivity index (χ1) is 11.7. The van der Waals surface area contributed by atoms with E-state index in [9.17, 15) is 4.79 Å². The third kappa shape index (κ3) is 3.45. The molecular formula is C19H22N4O. The van der Waals surface area contributed by atoms with E-state index in [1.165, 1.54) is 0 Å². The molecule has 1 amide bonds. The number of nitrogens with zero attached hydrogens (tertiary/aromatic N) is 3. The van der Waals surface area contributed by atoms with Crippen LogP contribution in [-0.2, 0) is 0 Å². The number of nitrogens with one attached hydrogen (secondary N) is 1. The number of amides is 1. The molecule has 0 fully saturated rings. The van der Waals surface area contributed by atoms with Crippen LogP contribution >= 0.6 is 0 Å². The van der Waals surface area contributed by atoms with E-state index < -0.39 is 0 Å². The van der Waals surface area contributed by atoms with Crippen LogP contribution in [0.25, 0.3) is 5.65 Å². The lowest BCUT2D eigenvalue weighted by Crippen LogP contribution is -2.13. The molecule has 0 radical (unpaired) electrons. The topological polar surface area (TPSA) is 59.3 Å². The van der Waals surface area contributed by atoms with Crippen molar-refractivity contribution in [2.24, 2.45) is 0 Å². The van der Waals surface area contributed by atoms with Crippen LogP contribution in [0, 0.1) is 0 Å². The van der Waals surface area contributed by atoms with Gasteiger partial charge in [-0.15, -0.1) is 0 Å². The summed E-state index contributed by atoms with van der Waals surface area (Å²) in [4.78, 5) is 21.2. The Bertz CT molecular complexity index is 826. The van der Waals surface area contributed by atoms with Crippen molar-refractivity contribution in [3.8, 4) is 0 Å². The first-order valence-corrected chi connectivity index (χ1v) is 8.42. The van der Waals surface area contributed by atoms with Gasteiger partial charge in [-0.3, -0.25) is 4.79 Å². The van der Waals surface area contributed by atoms with E-state index in [0.717, 1.165) is 30.6 Å². The number of fused-ring (bicyclic) bond motifs is 1. The first kappa shape index (κ1) is 16.2. The summed E-state index contributed by atoms with van der Waals surface area (Å²) in [5, 5.41) is 2.80. The van der Waals surface area contributed by atoms with Crippen LogP contribution in [0.4, 0.5) is 5.82 Å². The second-order valence-corrected chi connectivity index (χ2v) is 5.91. The lowest BCUT2D eigenvalue weighted by molar-refractivity contribution is 0.102. The molecule has 1 N–H and O–H groups in total. The molecule has 0 saturated heterocycles. The van der Waals surface area contributed by atoms with Gasteiger partial charge in [0, 0.05) is 24.5 Å². The summed E-state index contributed by atoms with van der Waals surface area (Å²) in [7, 11) is 0. The quantitative estimate of drug-likeness (QED) is 0.737. The lowest BCUT2D eigenvalue weighted by Gasteiger charge is -2.09. The summed E-state index contributed by atoms with van der Waals surface area (Å²) < 4.78 is 1.93. The average Bonchev–Trinajstić information content (AvgIpc) is 3.03. The predicted octanol–water partition coefficient (Wildman–Crippen LogP) is 4.28. The van der Waals surface area contributed by atoms with Crippen molar-refractivity contribution in [3.05, 3.63) is 60.2 Å². The minimum atomic E-state index is -0.175. The van der Waals surface area contributed by atoms with E-state index in [2.05, 4.69) is 24.1 Å². The SMILES string of the molecule is CCCC(CC)c1cn2cc(C(=O)Nc3ccccn3)ccc2n1. The molecular weight excluding hydrogens is 300 g/mol. The van der Waals surface area contributed by atoms with Crippen molar-refractivity contribution in [1.29, 1.82) is 0 Å². The monoisotopic (exact) mass is 322 g/mol. The highest BCUT2D eigenvalue weighted by Crippen LogP contribution is 2.24. The Balaban J connectivity index is 1.84. The molecule has 1 atom stereocenters. The molecule has 0 spiro atoms. The largest absolute Gasteiger partial charge is 0.307 e. The van der Waals surface area contributed by atoms with Crippen LogP contribution in [0.15, 0.2) is 48.9 Å². The Morgan fingerprint density at radius 1 is 1.21 bits per heavy atom. The Hall–Kier alpha value is -2.69. The molecule has 0 aliphatic carbocycles. The fourth-order valence-corrected chi connectivity index (χ4v) is 2.88. The molecule has 0 bridgehead atoms. The first-order valence-electron chi connectivity index (χ1n) is 8.42. The zero-order valence-electron chi connectivity index (χ0n) is 14.1. The number of rotatable bonds is 6. The highest BCUT2D eigenvalue weighted by atomic mass is 16.1. The summed E-state index contributed by atoms with van der Waals surface area (Å²) in [6.45, 7) is 4.38. The van der Waals surface area contributed by atoms with Crippen LogP contribution in [0.2, 0.25) is 0 Å². The van der Waals surface area contributed by atoms with Gasteiger partial charge in [-0.25, -0.2) is 9.97 Å². The van der Waals surface area contributed by atoms with Crippen molar-refractivity contribution in [2.45, 2.75) is 39.0 Å². The maximum Gasteiger partial charge on any atom is 0.258 e. The van der Waals surface area contributed by atoms with Gasteiger partial charge in [0.15, 0.2) is 0 Å². The second kappa shape index (κ2) is 7.25. The van der Waals surface area contributed by atoms with Crippen molar-refractivity contribution >= 4 is 17.4 Å². The van der Waals surface area contributed by atoms with Gasteiger partial charge in [-0.1, -0.05) is 26.3 Å². The molecule has 1 unspecified atom stereocenters. The lowest BCUT2D eigenvalue weighted by atomic mass is 9.98. The van der Waals surface area contributed by atoms with Crippen LogP contribution in [-0.4, -0.2) is 20.3 Å². The van der Waals surface area contributed by atoms with Gasteiger partial charge in [-0.2, -0.15) is 0 Å². The fourth-order valence-electron chi connectivity index (χ4n) is 2.88. The van der Waals surface area contributed by atoms with Gasteiger partial charge in [0.05, 0.1) is 11.3 Å². The molecule has 3 rings (SSSR count). The van der Waals surface area contributed by atoms with Crippen LogP contribution in [0.1, 0.15) is 55.1 Å². The third-order valence-electron chi connectivity index (χ3n) is 4.19. The smallest absolute Gasteiger partial charge is 0.258 e. The van der Waals surface area contributed by atoms with Crippen LogP contribution < -0.4 is 5.32 Å². The van der Waals surface area contributed by atoms with Gasteiger partial charge in [-0.05, 0) is 37.1 Å². The normalized spacial score (nSPS) is 12.2. The number of carbonyl (C=O) groups is 1. The van der Waals surface area contributed by atoms with Crippen molar-refractivity contribution < 1.29 is 4.79 Å². The molecule has 5 nitrogen and oxygen atoms in total. The molecule has 5 heteroatoms. The average molecular weight is 322 g/mol. The zero-order chi connectivity index (χ0) is 16.9. The van der Waals surface area contributed by atoms with E-state index in [4.69, 9.17) is 4.98 Å². The maximum absolute atomic E-state index is 12.4. The van der Waals surface area contributed by atoms with Gasteiger partial charge >= 0.3 is 0 Å². The number of carbonyl (C=O) groups excluding carboxylic acids is 1. The zero-order valence-corrected chi connectivity index (χ0v) is 14.1. The van der Waals surface area contributed by atoms with Crippen LogP contribution in [0.3, 0.4) is 0 Å². The summed E-state index contributed by atoms with van der Waals surface area (Å²) in [6, 6.07) is 9.10.